The number of Topliss-reactive ketones (excluding diaryl/α,β-unsaturated/α-hetero) is 1. The molecule has 0 saturated heterocycles. The van der Waals surface area contributed by atoms with E-state index >= 15 is 0 Å². The third-order valence-electron chi connectivity index (χ3n) is 5.61. The van der Waals surface area contributed by atoms with E-state index in [4.69, 9.17) is 0 Å². The number of hydrogen-bond donors (Lipinski definition) is 1. The van der Waals surface area contributed by atoms with Gasteiger partial charge in [-0.25, -0.2) is 0 Å². The van der Waals surface area contributed by atoms with Crippen LogP contribution in [0.15, 0.2) is 54.6 Å². The molecule has 0 spiro atoms. The van der Waals surface area contributed by atoms with Crippen molar-refractivity contribution in [1.29, 1.82) is 0 Å². The van der Waals surface area contributed by atoms with Gasteiger partial charge in [-0.15, -0.1) is 0 Å². The molecular weight excluding hydrogens is 643 g/mol. The first-order chi connectivity index (χ1) is 18.9. The number of benzene rings is 3. The van der Waals surface area contributed by atoms with Crippen LogP contribution in [0.4, 0.5) is 39.5 Å². The van der Waals surface area contributed by atoms with Gasteiger partial charge < -0.3 is 5.11 Å². The Morgan fingerprint density at radius 2 is 0.952 bits per heavy atom. The van der Waals surface area contributed by atoms with E-state index < -0.39 is 41.3 Å². The van der Waals surface area contributed by atoms with Crippen LogP contribution in [-0.2, 0) is 18.5 Å². The van der Waals surface area contributed by atoms with Crippen molar-refractivity contribution >= 4 is 21.7 Å². The Balaban J connectivity index is 0.000000315. The van der Waals surface area contributed by atoms with Gasteiger partial charge in [0.25, 0.3) is 0 Å². The van der Waals surface area contributed by atoms with Crippen molar-refractivity contribution in [1.82, 2.24) is 0 Å². The van der Waals surface area contributed by atoms with Crippen molar-refractivity contribution in [3.8, 4) is 0 Å². The predicted molar refractivity (Wildman–Crippen MR) is 147 cm³/mol. The Morgan fingerprint density at radius 1 is 0.619 bits per heavy atom. The second-order valence-electron chi connectivity index (χ2n) is 9.69. The van der Waals surface area contributed by atoms with Crippen LogP contribution >= 0.6 is 15.9 Å². The molecule has 0 heterocycles. The van der Waals surface area contributed by atoms with Gasteiger partial charge in [0.2, 0.25) is 0 Å². The molecule has 3 aromatic carbocycles. The van der Waals surface area contributed by atoms with Crippen LogP contribution in [0.3, 0.4) is 0 Å². The smallest absolute Gasteiger partial charge is 0.389 e. The molecular formula is C30H30BrF9O2. The van der Waals surface area contributed by atoms with E-state index in [-0.39, 0.29) is 21.7 Å². The Kier molecular flexibility index (Phi) is 12.9. The fourth-order valence-electron chi connectivity index (χ4n) is 3.57. The molecule has 0 amide bonds. The van der Waals surface area contributed by atoms with Crippen molar-refractivity contribution in [2.75, 3.05) is 0 Å². The van der Waals surface area contributed by atoms with Gasteiger partial charge in [-0.2, -0.15) is 39.5 Å². The third kappa shape index (κ3) is 12.2. The second-order valence-corrected chi connectivity index (χ2v) is 11.1. The lowest BCUT2D eigenvalue weighted by atomic mass is 10.0. The summed E-state index contributed by atoms with van der Waals surface area (Å²) in [4.78, 5) is 10.8. The van der Waals surface area contributed by atoms with Crippen molar-refractivity contribution in [3.05, 3.63) is 105 Å². The number of aliphatic hydroxyl groups excluding tert-OH is 1. The number of carbonyl (C=O) groups is 1. The third-order valence-corrected chi connectivity index (χ3v) is 6.14. The van der Waals surface area contributed by atoms with Crippen LogP contribution in [0.2, 0.25) is 0 Å². The van der Waals surface area contributed by atoms with Crippen molar-refractivity contribution in [3.63, 3.8) is 0 Å². The highest BCUT2D eigenvalue weighted by Crippen LogP contribution is 2.34. The molecule has 0 saturated carbocycles. The normalized spacial score (nSPS) is 13.3. The van der Waals surface area contributed by atoms with Gasteiger partial charge in [-0.05, 0) is 101 Å². The highest BCUT2D eigenvalue weighted by Gasteiger charge is 2.32. The second kappa shape index (κ2) is 14.5. The van der Waals surface area contributed by atoms with Crippen LogP contribution in [0.5, 0.6) is 0 Å². The number of hydrogen-bond acceptors (Lipinski definition) is 2. The zero-order valence-corrected chi connectivity index (χ0v) is 25.1. The van der Waals surface area contributed by atoms with Crippen molar-refractivity contribution in [2.24, 2.45) is 0 Å². The minimum absolute atomic E-state index is 0.0662. The van der Waals surface area contributed by atoms with Gasteiger partial charge in [0, 0.05) is 10.4 Å². The number of carbonyl (C=O) groups excluding carboxylic acids is 1. The highest BCUT2D eigenvalue weighted by molar-refractivity contribution is 9.09. The van der Waals surface area contributed by atoms with Gasteiger partial charge in [-0.1, -0.05) is 39.2 Å². The minimum atomic E-state index is -4.39. The molecule has 0 fully saturated rings. The zero-order valence-electron chi connectivity index (χ0n) is 23.5. The van der Waals surface area contributed by atoms with E-state index in [1.807, 2.05) is 0 Å². The van der Waals surface area contributed by atoms with Gasteiger partial charge >= 0.3 is 18.5 Å². The van der Waals surface area contributed by atoms with Crippen molar-refractivity contribution in [2.45, 2.75) is 71.0 Å². The Labute approximate surface area is 246 Å². The average molecular weight is 673 g/mol. The molecule has 1 N–H and O–H groups in total. The topological polar surface area (TPSA) is 37.3 Å². The van der Waals surface area contributed by atoms with Crippen LogP contribution in [0.25, 0.3) is 0 Å². The van der Waals surface area contributed by atoms with E-state index in [2.05, 4.69) is 15.9 Å². The average Bonchev–Trinajstić information content (AvgIpc) is 2.82. The summed E-state index contributed by atoms with van der Waals surface area (Å²) in [5.74, 6) is -0.362. The molecule has 232 valence electrons. The molecule has 12 heteroatoms. The Bertz CT molecular complexity index is 1290. The first-order valence-corrected chi connectivity index (χ1v) is 13.2. The molecule has 3 rings (SSSR count). The molecule has 42 heavy (non-hydrogen) atoms. The summed E-state index contributed by atoms with van der Waals surface area (Å²) >= 11 is 3.25. The van der Waals surface area contributed by atoms with E-state index in [0.29, 0.717) is 22.3 Å². The summed E-state index contributed by atoms with van der Waals surface area (Å²) in [6.07, 6.45) is -13.9. The number of rotatable bonds is 3. The van der Waals surface area contributed by atoms with E-state index in [9.17, 15) is 49.4 Å². The summed E-state index contributed by atoms with van der Waals surface area (Å²) in [7, 11) is 0. The molecule has 0 aliphatic heterocycles. The lowest BCUT2D eigenvalue weighted by Crippen LogP contribution is -2.07. The van der Waals surface area contributed by atoms with Gasteiger partial charge in [0.05, 0.1) is 22.8 Å². The monoisotopic (exact) mass is 672 g/mol. The van der Waals surface area contributed by atoms with Gasteiger partial charge in [0.1, 0.15) is 0 Å². The maximum atomic E-state index is 12.4. The fraction of sp³-hybridized carbons (Fsp3) is 0.367. The number of halogens is 10. The van der Waals surface area contributed by atoms with Gasteiger partial charge in [-0.3, -0.25) is 4.79 Å². The first kappa shape index (κ1) is 37.2. The summed E-state index contributed by atoms with van der Waals surface area (Å²) in [5, 5.41) is 9.17. The molecule has 2 atom stereocenters. The molecule has 0 bridgehead atoms. The number of aliphatic hydroxyl groups is 1. The molecule has 0 aromatic heterocycles. The maximum absolute atomic E-state index is 12.4. The molecule has 0 radical (unpaired) electrons. The lowest BCUT2D eigenvalue weighted by molar-refractivity contribution is -0.138. The van der Waals surface area contributed by atoms with E-state index in [1.54, 1.807) is 32.9 Å². The largest absolute Gasteiger partial charge is 0.416 e. The quantitative estimate of drug-likeness (QED) is 0.171. The van der Waals surface area contributed by atoms with Gasteiger partial charge in [0.15, 0.2) is 5.78 Å². The fourth-order valence-corrected chi connectivity index (χ4v) is 3.84. The minimum Gasteiger partial charge on any atom is -0.389 e. The summed E-state index contributed by atoms with van der Waals surface area (Å²) < 4.78 is 111. The maximum Gasteiger partial charge on any atom is 0.416 e. The standard InChI is InChI=1S/C10H10BrF3.C10H11F3O.C10H9F3O/c1-6-3-8(7(2)11)5-9(4-6)10(12,13)14;2*1-6-3-8(7(2)14)5-9(4-6)10(11,12)13/h3-5,7H,1-2H3;3-5,7,14H,1-2H3;3-5H,1-2H3. The Hall–Kier alpha value is -2.86. The molecule has 2 nitrogen and oxygen atoms in total. The lowest BCUT2D eigenvalue weighted by Gasteiger charge is -2.11. The van der Waals surface area contributed by atoms with Crippen molar-refractivity contribution < 1.29 is 49.4 Å². The first-order valence-electron chi connectivity index (χ1n) is 12.3. The number of ketones is 1. The summed E-state index contributed by atoms with van der Waals surface area (Å²) in [6.45, 7) is 9.25. The SMILES string of the molecule is CC(=O)c1cc(C)cc(C(F)(F)F)c1.Cc1cc(C(C)Br)cc(C(F)(F)F)c1.Cc1cc(C(C)O)cc(C(F)(F)F)c1. The highest BCUT2D eigenvalue weighted by atomic mass is 79.9. The van der Waals surface area contributed by atoms with E-state index in [1.165, 1.54) is 32.9 Å². The zero-order chi connectivity index (χ0) is 32.8. The molecule has 3 aromatic rings. The molecule has 0 aliphatic carbocycles. The molecule has 0 aliphatic rings. The molecule has 2 unspecified atom stereocenters. The van der Waals surface area contributed by atoms with E-state index in [0.717, 1.165) is 30.3 Å². The summed E-state index contributed by atoms with van der Waals surface area (Å²) in [5.41, 5.74) is 0.517. The van der Waals surface area contributed by atoms with Crippen LogP contribution in [0, 0.1) is 20.8 Å². The summed E-state index contributed by atoms with van der Waals surface area (Å²) in [6, 6.07) is 11.0. The van der Waals surface area contributed by atoms with Crippen LogP contribution in [-0.4, -0.2) is 10.9 Å². The number of aryl methyl sites for hydroxylation is 3. The Morgan fingerprint density at radius 3 is 1.29 bits per heavy atom. The predicted octanol–water partition coefficient (Wildman–Crippen LogP) is 10.8. The number of alkyl halides is 10. The van der Waals surface area contributed by atoms with Crippen LogP contribution in [0.1, 0.15) is 86.6 Å². The van der Waals surface area contributed by atoms with Crippen LogP contribution < -0.4 is 0 Å².